The van der Waals surface area contributed by atoms with E-state index in [1.807, 2.05) is 0 Å². The van der Waals surface area contributed by atoms with Gasteiger partial charge < -0.3 is 9.22 Å². The number of H-pyrrole nitrogens is 1. The van der Waals surface area contributed by atoms with E-state index in [-0.39, 0.29) is 22.9 Å². The van der Waals surface area contributed by atoms with Crippen LogP contribution in [-0.2, 0) is 22.1 Å². The van der Waals surface area contributed by atoms with Crippen molar-refractivity contribution in [3.63, 3.8) is 0 Å². The lowest BCUT2D eigenvalue weighted by Gasteiger charge is -2.36. The SMILES string of the molecule is CC[N+](C)(CC)CCc1cc(C#N)ccc1C1C(C(=O)OC)=C(C)N(c2cccc(C(F)(F)F)c2)c2n[nH]c(=O)n21. The molecule has 0 bridgehead atoms. The first kappa shape index (κ1) is 29.6. The van der Waals surface area contributed by atoms with Crippen molar-refractivity contribution in [1.29, 1.82) is 5.26 Å². The zero-order valence-electron chi connectivity index (χ0n) is 23.5. The number of esters is 1. The molecule has 0 amide bonds. The number of hydrogen-bond acceptors (Lipinski definition) is 6. The van der Waals surface area contributed by atoms with E-state index in [0.29, 0.717) is 17.5 Å². The van der Waals surface area contributed by atoms with Gasteiger partial charge in [0.05, 0.1) is 56.6 Å². The number of nitrogens with one attached hydrogen (secondary N) is 1. The van der Waals surface area contributed by atoms with E-state index in [9.17, 15) is 28.0 Å². The number of hydrogen-bond donors (Lipinski definition) is 1. The molecule has 3 aromatic rings. The number of halogens is 3. The third-order valence-corrected chi connectivity index (χ3v) is 7.99. The highest BCUT2D eigenvalue weighted by Gasteiger charge is 2.41. The zero-order valence-corrected chi connectivity index (χ0v) is 23.5. The molecule has 0 aliphatic carbocycles. The van der Waals surface area contributed by atoms with Gasteiger partial charge in [0.15, 0.2) is 0 Å². The van der Waals surface area contributed by atoms with Gasteiger partial charge in [0, 0.05) is 17.8 Å². The Hall–Kier alpha value is -4.37. The molecule has 4 rings (SSSR count). The van der Waals surface area contributed by atoms with Crippen LogP contribution in [0.1, 0.15) is 49.1 Å². The van der Waals surface area contributed by atoms with E-state index < -0.39 is 29.4 Å². The van der Waals surface area contributed by atoms with Crippen LogP contribution in [0.15, 0.2) is 58.5 Å². The van der Waals surface area contributed by atoms with Crippen molar-refractivity contribution in [3.05, 3.63) is 86.5 Å². The third-order valence-electron chi connectivity index (χ3n) is 7.99. The summed E-state index contributed by atoms with van der Waals surface area (Å²) in [5, 5.41) is 16.2. The number of alkyl halides is 3. The van der Waals surface area contributed by atoms with Gasteiger partial charge in [-0.15, -0.1) is 5.10 Å². The molecule has 9 nitrogen and oxygen atoms in total. The average Bonchev–Trinajstić information content (AvgIpc) is 3.34. The molecule has 0 saturated carbocycles. The summed E-state index contributed by atoms with van der Waals surface area (Å²) >= 11 is 0. The number of nitrogens with zero attached hydrogens (tertiary/aromatic N) is 5. The molecule has 1 atom stereocenters. The van der Waals surface area contributed by atoms with Gasteiger partial charge in [-0.1, -0.05) is 12.1 Å². The number of carbonyl (C=O) groups excluding carboxylic acids is 1. The smallest absolute Gasteiger partial charge is 0.416 e. The van der Waals surface area contributed by atoms with Crippen molar-refractivity contribution in [2.75, 3.05) is 38.7 Å². The number of rotatable bonds is 8. The first-order valence-electron chi connectivity index (χ1n) is 13.2. The summed E-state index contributed by atoms with van der Waals surface area (Å²) in [5.41, 5.74) is 0.618. The van der Waals surface area contributed by atoms with E-state index in [0.717, 1.165) is 41.8 Å². The molecule has 0 saturated heterocycles. The number of anilines is 2. The lowest BCUT2D eigenvalue weighted by Crippen LogP contribution is -2.45. The summed E-state index contributed by atoms with van der Waals surface area (Å²) in [6.45, 7) is 8.28. The van der Waals surface area contributed by atoms with Crippen LogP contribution in [0.5, 0.6) is 0 Å². The fraction of sp³-hybridized carbons (Fsp3) is 0.379. The maximum Gasteiger partial charge on any atom is 0.416 e. The standard InChI is InChI=1S/C29H31F3N6O3/c1-6-38(4,7-2)14-13-20-15-19(17-33)11-12-23(20)25-24(26(39)41-5)18(3)36(27-34-35-28(40)37(25)27)22-10-8-9-21(16-22)29(30,31)32/h8-12,15-16,25H,6-7,13-14H2,1-5H3/p+1. The molecule has 41 heavy (non-hydrogen) atoms. The fourth-order valence-electron chi connectivity index (χ4n) is 5.17. The molecule has 216 valence electrons. The number of fused-ring (bicyclic) bond motifs is 1. The fourth-order valence-corrected chi connectivity index (χ4v) is 5.17. The Morgan fingerprint density at radius 1 is 1.20 bits per heavy atom. The number of carbonyl (C=O) groups is 1. The van der Waals surface area contributed by atoms with Crippen molar-refractivity contribution in [3.8, 4) is 6.07 Å². The Bertz CT molecular complexity index is 1590. The number of allylic oxidation sites excluding steroid dienone is 1. The van der Waals surface area contributed by atoms with Crippen molar-refractivity contribution < 1.29 is 27.2 Å². The van der Waals surface area contributed by atoms with Crippen LogP contribution < -0.4 is 10.6 Å². The second kappa shape index (κ2) is 11.2. The molecule has 0 radical (unpaired) electrons. The van der Waals surface area contributed by atoms with Crippen LogP contribution in [0.4, 0.5) is 24.8 Å². The van der Waals surface area contributed by atoms with Gasteiger partial charge in [-0.25, -0.2) is 19.3 Å². The lowest BCUT2D eigenvalue weighted by atomic mass is 9.89. The van der Waals surface area contributed by atoms with Gasteiger partial charge in [0.1, 0.15) is 6.04 Å². The molecule has 1 N–H and O–H groups in total. The molecule has 1 aliphatic heterocycles. The van der Waals surface area contributed by atoms with Crippen molar-refractivity contribution in [1.82, 2.24) is 14.8 Å². The van der Waals surface area contributed by atoms with Gasteiger partial charge in [0.25, 0.3) is 0 Å². The number of aromatic amines is 1. The van der Waals surface area contributed by atoms with Crippen LogP contribution >= 0.6 is 0 Å². The van der Waals surface area contributed by atoms with E-state index in [1.54, 1.807) is 25.1 Å². The van der Waals surface area contributed by atoms with Crippen molar-refractivity contribution in [2.45, 2.75) is 39.4 Å². The highest BCUT2D eigenvalue weighted by atomic mass is 19.4. The van der Waals surface area contributed by atoms with Crippen LogP contribution in [-0.4, -0.2) is 59.0 Å². The van der Waals surface area contributed by atoms with E-state index in [1.165, 1.54) is 28.7 Å². The van der Waals surface area contributed by atoms with Crippen LogP contribution in [0.25, 0.3) is 0 Å². The number of ether oxygens (including phenoxy) is 1. The first-order chi connectivity index (χ1) is 19.4. The second-order valence-corrected chi connectivity index (χ2v) is 10.2. The number of quaternary nitrogens is 1. The lowest BCUT2D eigenvalue weighted by molar-refractivity contribution is -0.905. The Labute approximate surface area is 235 Å². The number of aromatic nitrogens is 3. The van der Waals surface area contributed by atoms with Gasteiger partial charge in [0.2, 0.25) is 5.95 Å². The summed E-state index contributed by atoms with van der Waals surface area (Å²) in [6.07, 6.45) is -4.06. The molecule has 12 heteroatoms. The second-order valence-electron chi connectivity index (χ2n) is 10.2. The van der Waals surface area contributed by atoms with E-state index >= 15 is 0 Å². The molecule has 1 aromatic heterocycles. The monoisotopic (exact) mass is 569 g/mol. The van der Waals surface area contributed by atoms with Crippen molar-refractivity contribution in [2.24, 2.45) is 0 Å². The van der Waals surface area contributed by atoms with Gasteiger partial charge in [-0.05, 0) is 62.2 Å². The average molecular weight is 570 g/mol. The predicted molar refractivity (Wildman–Crippen MR) is 146 cm³/mol. The van der Waals surface area contributed by atoms with E-state index in [4.69, 9.17) is 4.74 Å². The van der Waals surface area contributed by atoms with Crippen LogP contribution in [0.2, 0.25) is 0 Å². The third kappa shape index (κ3) is 5.50. The summed E-state index contributed by atoms with van der Waals surface area (Å²) in [7, 11) is 3.33. The molecular weight excluding hydrogens is 537 g/mol. The molecule has 0 fully saturated rings. The molecule has 2 aromatic carbocycles. The molecule has 1 unspecified atom stereocenters. The number of methoxy groups -OCH3 is 1. The Kier molecular flexibility index (Phi) is 8.12. The topological polar surface area (TPSA) is 104 Å². The Morgan fingerprint density at radius 2 is 1.90 bits per heavy atom. The zero-order chi connectivity index (χ0) is 30.1. The minimum Gasteiger partial charge on any atom is -0.466 e. The van der Waals surface area contributed by atoms with Crippen molar-refractivity contribution >= 4 is 17.6 Å². The summed E-state index contributed by atoms with van der Waals surface area (Å²) in [4.78, 5) is 28.0. The minimum absolute atomic E-state index is 0.0162. The molecule has 2 heterocycles. The summed E-state index contributed by atoms with van der Waals surface area (Å²) < 4.78 is 47.9. The quantitative estimate of drug-likeness (QED) is 0.312. The van der Waals surface area contributed by atoms with Crippen LogP contribution in [0.3, 0.4) is 0 Å². The summed E-state index contributed by atoms with van der Waals surface area (Å²) in [5.74, 6) is -0.733. The van der Waals surface area contributed by atoms with Crippen LogP contribution in [0, 0.1) is 11.3 Å². The largest absolute Gasteiger partial charge is 0.466 e. The Balaban J connectivity index is 1.97. The minimum atomic E-state index is -4.61. The van der Waals surface area contributed by atoms with E-state index in [2.05, 4.69) is 37.2 Å². The first-order valence-corrected chi connectivity index (χ1v) is 13.2. The summed E-state index contributed by atoms with van der Waals surface area (Å²) in [6, 6.07) is 10.8. The van der Waals surface area contributed by atoms with Gasteiger partial charge in [-0.2, -0.15) is 18.4 Å². The molecular formula is C29H32F3N6O3+. The number of likely N-dealkylation sites (N-methyl/N-ethyl adjacent to an activating group) is 1. The number of nitriles is 1. The Morgan fingerprint density at radius 3 is 2.51 bits per heavy atom. The predicted octanol–water partition coefficient (Wildman–Crippen LogP) is 4.68. The van der Waals surface area contributed by atoms with Gasteiger partial charge >= 0.3 is 17.8 Å². The highest BCUT2D eigenvalue weighted by molar-refractivity contribution is 5.93. The normalized spacial score (nSPS) is 15.5. The highest BCUT2D eigenvalue weighted by Crippen LogP contribution is 2.43. The number of benzene rings is 2. The maximum absolute atomic E-state index is 13.6. The van der Waals surface area contributed by atoms with Gasteiger partial charge in [-0.3, -0.25) is 4.90 Å². The molecule has 0 spiro atoms. The maximum atomic E-state index is 13.6. The molecule has 1 aliphatic rings.